The minimum atomic E-state index is -0.777. The summed E-state index contributed by atoms with van der Waals surface area (Å²) in [4.78, 5) is 39.9. The molecule has 5 nitrogen and oxygen atoms in total. The van der Waals surface area contributed by atoms with Gasteiger partial charge in [-0.25, -0.2) is 0 Å². The minimum Gasteiger partial charge on any atom is -0.481 e. The minimum absolute atomic E-state index is 0.00681. The Labute approximate surface area is 216 Å². The molecule has 0 bridgehead atoms. The molecule has 35 heavy (non-hydrogen) atoms. The lowest BCUT2D eigenvalue weighted by Gasteiger charge is -2.20. The molecule has 2 heterocycles. The number of aliphatic hydroxyl groups excluding tert-OH is 1. The molecule has 0 aliphatic carbocycles. The highest BCUT2D eigenvalue weighted by Crippen LogP contribution is 2.26. The summed E-state index contributed by atoms with van der Waals surface area (Å²) in [5.74, 6) is -0.777. The Morgan fingerprint density at radius 3 is 1.51 bits per heavy atom. The van der Waals surface area contributed by atoms with Crippen molar-refractivity contribution in [2.75, 3.05) is 6.61 Å². The van der Waals surface area contributed by atoms with Gasteiger partial charge in [0, 0.05) is 26.1 Å². The molecule has 0 aromatic carbocycles. The third kappa shape index (κ3) is 10.8. The molecular formula is C28H40O5S2. The van der Waals surface area contributed by atoms with Crippen molar-refractivity contribution in [3.05, 3.63) is 64.2 Å². The summed E-state index contributed by atoms with van der Waals surface area (Å²) in [5, 5.41) is 18.6. The van der Waals surface area contributed by atoms with Crippen molar-refractivity contribution >= 4 is 28.6 Å². The van der Waals surface area contributed by atoms with Gasteiger partial charge >= 0.3 is 5.97 Å². The SMILES string of the molecule is CC(C)(CO)CCCCc1cc(=O)cc(CCc2cc(=O)cc(CCCCC(C)(C)C(=O)O)s2)s1. The van der Waals surface area contributed by atoms with E-state index in [1.165, 1.54) is 0 Å². The Balaban J connectivity index is 1.91. The van der Waals surface area contributed by atoms with Crippen molar-refractivity contribution in [3.63, 3.8) is 0 Å². The van der Waals surface area contributed by atoms with Crippen molar-refractivity contribution in [1.82, 2.24) is 0 Å². The largest absolute Gasteiger partial charge is 0.481 e. The van der Waals surface area contributed by atoms with E-state index in [9.17, 15) is 24.6 Å². The van der Waals surface area contributed by atoms with Crippen LogP contribution in [0.15, 0.2) is 33.9 Å². The number of aliphatic carboxylic acids is 1. The molecule has 2 aromatic rings. The second kappa shape index (κ2) is 13.5. The predicted octanol–water partition coefficient (Wildman–Crippen LogP) is 5.87. The van der Waals surface area contributed by atoms with Gasteiger partial charge in [0.25, 0.3) is 0 Å². The van der Waals surface area contributed by atoms with Crippen LogP contribution in [0.3, 0.4) is 0 Å². The van der Waals surface area contributed by atoms with Gasteiger partial charge in [-0.2, -0.15) is 0 Å². The van der Waals surface area contributed by atoms with Gasteiger partial charge in [-0.15, -0.1) is 22.7 Å². The van der Waals surface area contributed by atoms with Crippen molar-refractivity contribution in [3.8, 4) is 0 Å². The predicted molar refractivity (Wildman–Crippen MR) is 146 cm³/mol. The Morgan fingerprint density at radius 2 is 1.11 bits per heavy atom. The third-order valence-corrected chi connectivity index (χ3v) is 8.70. The first-order valence-electron chi connectivity index (χ1n) is 12.5. The monoisotopic (exact) mass is 520 g/mol. The first-order chi connectivity index (χ1) is 16.4. The zero-order chi connectivity index (χ0) is 26.1. The second-order valence-corrected chi connectivity index (χ2v) is 13.4. The van der Waals surface area contributed by atoms with Crippen molar-refractivity contribution in [1.29, 1.82) is 0 Å². The fourth-order valence-electron chi connectivity index (χ4n) is 3.87. The first-order valence-corrected chi connectivity index (χ1v) is 14.1. The summed E-state index contributed by atoms with van der Waals surface area (Å²) in [5.41, 5.74) is -0.732. The first kappa shape index (κ1) is 29.4. The van der Waals surface area contributed by atoms with Crippen LogP contribution in [0.25, 0.3) is 0 Å². The highest BCUT2D eigenvalue weighted by atomic mass is 32.1. The van der Waals surface area contributed by atoms with E-state index >= 15 is 0 Å². The molecule has 0 aliphatic heterocycles. The van der Waals surface area contributed by atoms with Gasteiger partial charge < -0.3 is 10.2 Å². The molecular weight excluding hydrogens is 480 g/mol. The molecule has 0 saturated carbocycles. The topological polar surface area (TPSA) is 91.7 Å². The number of carboxylic acid groups (broad SMARTS) is 1. The van der Waals surface area contributed by atoms with E-state index in [4.69, 9.17) is 0 Å². The van der Waals surface area contributed by atoms with E-state index in [0.717, 1.165) is 77.3 Å². The quantitative estimate of drug-likeness (QED) is 0.287. The molecule has 7 heteroatoms. The van der Waals surface area contributed by atoms with Crippen molar-refractivity contribution in [2.45, 2.75) is 91.9 Å². The lowest BCUT2D eigenvalue weighted by molar-refractivity contribution is -0.147. The van der Waals surface area contributed by atoms with Crippen LogP contribution >= 0.6 is 22.7 Å². The molecule has 2 N–H and O–H groups in total. The second-order valence-electron chi connectivity index (χ2n) is 10.9. The van der Waals surface area contributed by atoms with E-state index in [2.05, 4.69) is 13.8 Å². The van der Waals surface area contributed by atoms with E-state index in [0.29, 0.717) is 6.42 Å². The van der Waals surface area contributed by atoms with Gasteiger partial charge in [-0.3, -0.25) is 14.4 Å². The highest BCUT2D eigenvalue weighted by Gasteiger charge is 2.26. The fourth-order valence-corrected chi connectivity index (χ4v) is 6.14. The molecule has 2 aromatic heterocycles. The van der Waals surface area contributed by atoms with Crippen LogP contribution in [0.1, 0.15) is 85.7 Å². The van der Waals surface area contributed by atoms with E-state index < -0.39 is 11.4 Å². The maximum absolute atomic E-state index is 12.2. The van der Waals surface area contributed by atoms with E-state index in [-0.39, 0.29) is 22.9 Å². The molecule has 194 valence electrons. The summed E-state index contributed by atoms with van der Waals surface area (Å²) in [6.45, 7) is 7.81. The summed E-state index contributed by atoms with van der Waals surface area (Å²) in [6, 6.07) is 6.82. The zero-order valence-corrected chi connectivity index (χ0v) is 23.2. The maximum Gasteiger partial charge on any atom is 0.309 e. The van der Waals surface area contributed by atoms with Crippen LogP contribution in [-0.4, -0.2) is 22.8 Å². The van der Waals surface area contributed by atoms with Gasteiger partial charge in [0.15, 0.2) is 10.9 Å². The van der Waals surface area contributed by atoms with Gasteiger partial charge in [-0.1, -0.05) is 26.7 Å². The Bertz CT molecular complexity index is 1080. The van der Waals surface area contributed by atoms with Gasteiger partial charge in [0.05, 0.1) is 5.41 Å². The van der Waals surface area contributed by atoms with Crippen LogP contribution in [0.2, 0.25) is 0 Å². The lowest BCUT2D eigenvalue weighted by Crippen LogP contribution is -2.23. The van der Waals surface area contributed by atoms with Crippen LogP contribution in [0, 0.1) is 10.8 Å². The molecule has 0 unspecified atom stereocenters. The highest BCUT2D eigenvalue weighted by molar-refractivity contribution is 7.12. The number of carboxylic acids is 1. The summed E-state index contributed by atoms with van der Waals surface area (Å²) in [6.07, 6.45) is 8.37. The average Bonchev–Trinajstić information content (AvgIpc) is 2.77. The molecule has 0 amide bonds. The number of carbonyl (C=O) groups is 1. The Hall–Kier alpha value is -1.83. The van der Waals surface area contributed by atoms with Crippen LogP contribution in [-0.2, 0) is 30.5 Å². The number of unbranched alkanes of at least 4 members (excludes halogenated alkanes) is 2. The molecule has 0 aliphatic rings. The average molecular weight is 521 g/mol. The number of rotatable bonds is 15. The standard InChI is InChI=1S/C28H40O5S2/c1-27(2,19-29)13-7-5-9-22-15-20(30)17-24(34-22)11-12-25-18-21(31)16-23(35-25)10-6-8-14-28(3,4)26(32)33/h15-18,29H,5-14,19H2,1-4H3,(H,32,33). The Kier molecular flexibility index (Phi) is 11.3. The third-order valence-electron chi connectivity index (χ3n) is 6.36. The van der Waals surface area contributed by atoms with Crippen LogP contribution < -0.4 is 10.9 Å². The normalized spacial score (nSPS) is 12.1. The van der Waals surface area contributed by atoms with Crippen molar-refractivity contribution in [2.24, 2.45) is 10.8 Å². The molecule has 2 rings (SSSR count). The molecule has 0 fully saturated rings. The molecule has 0 spiro atoms. The number of aryl methyl sites for hydroxylation is 4. The molecule has 0 atom stereocenters. The van der Waals surface area contributed by atoms with Crippen molar-refractivity contribution < 1.29 is 15.0 Å². The fraction of sp³-hybridized carbons (Fsp3) is 0.607. The van der Waals surface area contributed by atoms with Gasteiger partial charge in [0.1, 0.15) is 0 Å². The zero-order valence-electron chi connectivity index (χ0n) is 21.5. The molecule has 0 radical (unpaired) electrons. The van der Waals surface area contributed by atoms with E-state index in [1.807, 2.05) is 0 Å². The summed E-state index contributed by atoms with van der Waals surface area (Å²) in [7, 11) is 0. The smallest absolute Gasteiger partial charge is 0.309 e. The molecule has 0 saturated heterocycles. The number of aliphatic hydroxyl groups is 1. The lowest BCUT2D eigenvalue weighted by atomic mass is 9.87. The van der Waals surface area contributed by atoms with Crippen LogP contribution in [0.5, 0.6) is 0 Å². The Morgan fingerprint density at radius 1 is 0.714 bits per heavy atom. The number of hydrogen-bond donors (Lipinski definition) is 2. The maximum atomic E-state index is 12.2. The van der Waals surface area contributed by atoms with Gasteiger partial charge in [0.2, 0.25) is 0 Å². The summed E-state index contributed by atoms with van der Waals surface area (Å²) < 4.78 is 0. The van der Waals surface area contributed by atoms with Gasteiger partial charge in [-0.05, 0) is 94.9 Å². The number of hydrogen-bond acceptors (Lipinski definition) is 6. The van der Waals surface area contributed by atoms with Crippen LogP contribution in [0.4, 0.5) is 0 Å². The summed E-state index contributed by atoms with van der Waals surface area (Å²) >= 11 is 3.32. The van der Waals surface area contributed by atoms with E-state index in [1.54, 1.807) is 60.8 Å².